The lowest BCUT2D eigenvalue weighted by molar-refractivity contribution is -0.134. The Hall–Kier alpha value is -2.04. The summed E-state index contributed by atoms with van der Waals surface area (Å²) in [6, 6.07) is 5.00. The van der Waals surface area contributed by atoms with Gasteiger partial charge >= 0.3 is 0 Å². The zero-order chi connectivity index (χ0) is 16.3. The Kier molecular flexibility index (Phi) is 5.06. The molecule has 120 valence electrons. The number of hydrogen-bond acceptors (Lipinski definition) is 3. The fraction of sp³-hybridized carbons (Fsp3) is 0.529. The number of likely N-dealkylation sites (tertiary alicyclic amines) is 1. The number of rotatable bonds is 4. The summed E-state index contributed by atoms with van der Waals surface area (Å²) in [5.74, 6) is -0.0368. The number of hydrogen-bond donors (Lipinski definition) is 1. The van der Waals surface area contributed by atoms with Gasteiger partial charge in [-0.15, -0.1) is 0 Å². The van der Waals surface area contributed by atoms with Crippen LogP contribution in [0.25, 0.3) is 0 Å². The van der Waals surface area contributed by atoms with Crippen LogP contribution in [0.5, 0.6) is 0 Å². The van der Waals surface area contributed by atoms with E-state index in [9.17, 15) is 9.59 Å². The van der Waals surface area contributed by atoms with Gasteiger partial charge in [-0.2, -0.15) is 0 Å². The number of nitrogens with zero attached hydrogens (tertiary/aromatic N) is 2. The van der Waals surface area contributed by atoms with E-state index in [1.54, 1.807) is 21.9 Å². The Labute approximate surface area is 132 Å². The van der Waals surface area contributed by atoms with E-state index in [0.29, 0.717) is 30.9 Å². The van der Waals surface area contributed by atoms with Crippen LogP contribution in [0, 0.1) is 6.92 Å². The number of likely N-dealkylation sites (N-methyl/N-ethyl adjacent to an activating group) is 1. The van der Waals surface area contributed by atoms with Crippen LogP contribution in [0.4, 0.5) is 5.69 Å². The van der Waals surface area contributed by atoms with E-state index < -0.39 is 0 Å². The number of benzene rings is 1. The normalized spacial score (nSPS) is 17.6. The number of amides is 2. The second-order valence-electron chi connectivity index (χ2n) is 5.74. The molecule has 1 aromatic carbocycles. The smallest absolute Gasteiger partial charge is 0.254 e. The molecule has 1 unspecified atom stereocenters. The van der Waals surface area contributed by atoms with E-state index in [1.165, 1.54) is 0 Å². The van der Waals surface area contributed by atoms with E-state index in [1.807, 2.05) is 26.8 Å². The number of aryl methyl sites for hydroxylation is 1. The van der Waals surface area contributed by atoms with Crippen LogP contribution in [-0.4, -0.2) is 47.3 Å². The highest BCUT2D eigenvalue weighted by molar-refractivity contribution is 5.99. The lowest BCUT2D eigenvalue weighted by atomic mass is 10.1. The Morgan fingerprint density at radius 1 is 1.32 bits per heavy atom. The van der Waals surface area contributed by atoms with Crippen LogP contribution in [-0.2, 0) is 4.79 Å². The predicted molar refractivity (Wildman–Crippen MR) is 87.6 cm³/mol. The monoisotopic (exact) mass is 303 g/mol. The summed E-state index contributed by atoms with van der Waals surface area (Å²) in [7, 11) is 0. The molecule has 1 saturated heterocycles. The molecule has 5 heteroatoms. The molecule has 0 aliphatic carbocycles. The molecule has 0 bridgehead atoms. The molecule has 22 heavy (non-hydrogen) atoms. The fourth-order valence-corrected chi connectivity index (χ4v) is 3.04. The van der Waals surface area contributed by atoms with Crippen molar-refractivity contribution in [3.8, 4) is 0 Å². The van der Waals surface area contributed by atoms with E-state index in [4.69, 9.17) is 5.73 Å². The molecule has 1 aromatic rings. The summed E-state index contributed by atoms with van der Waals surface area (Å²) in [6.07, 6.45) is 1.60. The van der Waals surface area contributed by atoms with Crippen molar-refractivity contribution in [2.75, 3.05) is 25.4 Å². The van der Waals surface area contributed by atoms with Crippen LogP contribution in [0.3, 0.4) is 0 Å². The van der Waals surface area contributed by atoms with Crippen LogP contribution >= 0.6 is 0 Å². The summed E-state index contributed by atoms with van der Waals surface area (Å²) in [4.78, 5) is 29.0. The topological polar surface area (TPSA) is 66.6 Å². The van der Waals surface area contributed by atoms with Gasteiger partial charge in [0.1, 0.15) is 6.04 Å². The first-order valence-electron chi connectivity index (χ1n) is 7.95. The molecular formula is C17H25N3O2. The SMILES string of the molecule is CCN(CC)C(=O)C1CCCN1C(=O)c1cc(N)ccc1C. The first kappa shape index (κ1) is 16.3. The quantitative estimate of drug-likeness (QED) is 0.866. The van der Waals surface area contributed by atoms with Crippen LogP contribution in [0.15, 0.2) is 18.2 Å². The lowest BCUT2D eigenvalue weighted by Crippen LogP contribution is -2.47. The van der Waals surface area contributed by atoms with Crippen molar-refractivity contribution in [3.63, 3.8) is 0 Å². The van der Waals surface area contributed by atoms with Gasteiger partial charge < -0.3 is 15.5 Å². The molecule has 0 spiro atoms. The molecule has 2 N–H and O–H groups in total. The Morgan fingerprint density at radius 3 is 2.64 bits per heavy atom. The molecule has 0 saturated carbocycles. The van der Waals surface area contributed by atoms with Crippen LogP contribution in [0.1, 0.15) is 42.6 Å². The Bertz CT molecular complexity index is 567. The maximum Gasteiger partial charge on any atom is 0.254 e. The van der Waals surface area contributed by atoms with Gasteiger partial charge in [0.15, 0.2) is 0 Å². The number of anilines is 1. The summed E-state index contributed by atoms with van der Waals surface area (Å²) < 4.78 is 0. The second kappa shape index (κ2) is 6.81. The maximum atomic E-state index is 12.8. The van der Waals surface area contributed by atoms with E-state index in [2.05, 4.69) is 0 Å². The maximum absolute atomic E-state index is 12.8. The third kappa shape index (κ3) is 3.08. The highest BCUT2D eigenvalue weighted by Gasteiger charge is 2.36. The molecule has 1 aliphatic rings. The molecule has 0 aromatic heterocycles. The van der Waals surface area contributed by atoms with Gasteiger partial charge in [0.05, 0.1) is 0 Å². The fourth-order valence-electron chi connectivity index (χ4n) is 3.04. The van der Waals surface area contributed by atoms with Gasteiger partial charge in [-0.05, 0) is 51.3 Å². The number of carbonyl (C=O) groups is 2. The van der Waals surface area contributed by atoms with E-state index in [0.717, 1.165) is 18.4 Å². The van der Waals surface area contributed by atoms with Crippen molar-refractivity contribution in [3.05, 3.63) is 29.3 Å². The lowest BCUT2D eigenvalue weighted by Gasteiger charge is -2.29. The molecule has 1 fully saturated rings. The molecule has 2 amide bonds. The summed E-state index contributed by atoms with van der Waals surface area (Å²) >= 11 is 0. The number of carbonyl (C=O) groups excluding carboxylic acids is 2. The summed E-state index contributed by atoms with van der Waals surface area (Å²) in [5, 5.41) is 0. The van der Waals surface area contributed by atoms with Gasteiger partial charge in [0, 0.05) is 30.9 Å². The highest BCUT2D eigenvalue weighted by atomic mass is 16.2. The van der Waals surface area contributed by atoms with Crippen molar-refractivity contribution in [1.82, 2.24) is 9.80 Å². The van der Waals surface area contributed by atoms with Crippen molar-refractivity contribution < 1.29 is 9.59 Å². The minimum Gasteiger partial charge on any atom is -0.399 e. The first-order valence-corrected chi connectivity index (χ1v) is 7.95. The minimum atomic E-state index is -0.340. The average molecular weight is 303 g/mol. The van der Waals surface area contributed by atoms with Crippen molar-refractivity contribution in [2.24, 2.45) is 0 Å². The van der Waals surface area contributed by atoms with Gasteiger partial charge in [0.25, 0.3) is 5.91 Å². The number of nitrogen functional groups attached to an aromatic ring is 1. The number of nitrogens with two attached hydrogens (primary N) is 1. The summed E-state index contributed by atoms with van der Waals surface area (Å²) in [6.45, 7) is 7.79. The molecule has 5 nitrogen and oxygen atoms in total. The Balaban J connectivity index is 2.25. The first-order chi connectivity index (χ1) is 10.5. The van der Waals surface area contributed by atoms with Gasteiger partial charge in [0.2, 0.25) is 5.91 Å². The molecular weight excluding hydrogens is 278 g/mol. The zero-order valence-electron chi connectivity index (χ0n) is 13.6. The third-order valence-corrected chi connectivity index (χ3v) is 4.37. The molecule has 1 aliphatic heterocycles. The highest BCUT2D eigenvalue weighted by Crippen LogP contribution is 2.24. The van der Waals surface area contributed by atoms with Gasteiger partial charge in [-0.3, -0.25) is 9.59 Å². The minimum absolute atomic E-state index is 0.0532. The van der Waals surface area contributed by atoms with E-state index >= 15 is 0 Å². The molecule has 0 radical (unpaired) electrons. The van der Waals surface area contributed by atoms with Crippen molar-refractivity contribution in [2.45, 2.75) is 39.7 Å². The molecule has 2 rings (SSSR count). The van der Waals surface area contributed by atoms with Crippen LogP contribution < -0.4 is 5.73 Å². The largest absolute Gasteiger partial charge is 0.399 e. The van der Waals surface area contributed by atoms with Crippen molar-refractivity contribution >= 4 is 17.5 Å². The zero-order valence-corrected chi connectivity index (χ0v) is 13.6. The summed E-state index contributed by atoms with van der Waals surface area (Å²) in [5.41, 5.74) is 7.86. The molecule has 1 heterocycles. The van der Waals surface area contributed by atoms with Crippen LogP contribution in [0.2, 0.25) is 0 Å². The predicted octanol–water partition coefficient (Wildman–Crippen LogP) is 2.05. The third-order valence-electron chi connectivity index (χ3n) is 4.37. The van der Waals surface area contributed by atoms with Crippen molar-refractivity contribution in [1.29, 1.82) is 0 Å². The molecule has 1 atom stereocenters. The van der Waals surface area contributed by atoms with Gasteiger partial charge in [-0.1, -0.05) is 6.07 Å². The average Bonchev–Trinajstić information content (AvgIpc) is 2.99. The Morgan fingerprint density at radius 2 is 2.00 bits per heavy atom. The van der Waals surface area contributed by atoms with Gasteiger partial charge in [-0.25, -0.2) is 0 Å². The second-order valence-corrected chi connectivity index (χ2v) is 5.74. The van der Waals surface area contributed by atoms with E-state index in [-0.39, 0.29) is 17.9 Å². The standard InChI is InChI=1S/C17H25N3O2/c1-4-19(5-2)17(22)15-7-6-10-20(15)16(21)14-11-13(18)9-8-12(14)3/h8-9,11,15H,4-7,10,18H2,1-3H3.